The van der Waals surface area contributed by atoms with Crippen LogP contribution in [0.2, 0.25) is 0 Å². The van der Waals surface area contributed by atoms with Crippen molar-refractivity contribution in [2.24, 2.45) is 5.92 Å². The van der Waals surface area contributed by atoms with Crippen LogP contribution in [0.25, 0.3) is 11.0 Å². The zero-order valence-corrected chi connectivity index (χ0v) is 11.2. The van der Waals surface area contributed by atoms with Crippen molar-refractivity contribution in [1.82, 2.24) is 20.7 Å². The van der Waals surface area contributed by atoms with Crippen molar-refractivity contribution >= 4 is 35.0 Å². The molecule has 1 aliphatic heterocycles. The average Bonchev–Trinajstić information content (AvgIpc) is 2.87. The van der Waals surface area contributed by atoms with E-state index < -0.39 is 0 Å². The Morgan fingerprint density at radius 3 is 2.74 bits per heavy atom. The van der Waals surface area contributed by atoms with Crippen LogP contribution in [0.3, 0.4) is 0 Å². The van der Waals surface area contributed by atoms with Crippen LogP contribution < -0.4 is 10.6 Å². The first-order chi connectivity index (χ1) is 8.83. The first-order valence-electron chi connectivity index (χ1n) is 6.15. The van der Waals surface area contributed by atoms with Crippen molar-refractivity contribution in [3.63, 3.8) is 0 Å². The van der Waals surface area contributed by atoms with Crippen LogP contribution in [-0.4, -0.2) is 34.4 Å². The molecule has 3 rings (SSSR count). The molecule has 3 N–H and O–H groups in total. The second-order valence-corrected chi connectivity index (χ2v) is 4.54. The molecule has 1 fully saturated rings. The Balaban J connectivity index is 0.00000133. The van der Waals surface area contributed by atoms with Gasteiger partial charge in [0.1, 0.15) is 11.0 Å². The first-order valence-corrected chi connectivity index (χ1v) is 6.15. The normalized spacial score (nSPS) is 16.0. The Morgan fingerprint density at radius 2 is 1.95 bits per heavy atom. The summed E-state index contributed by atoms with van der Waals surface area (Å²) in [7, 11) is 0. The molecule has 2 aromatic rings. The van der Waals surface area contributed by atoms with Gasteiger partial charge in [0, 0.05) is 11.6 Å². The number of benzene rings is 1. The maximum absolute atomic E-state index is 12.1. The largest absolute Gasteiger partial charge is 0.326 e. The highest BCUT2D eigenvalue weighted by atomic mass is 35.5. The van der Waals surface area contributed by atoms with Crippen molar-refractivity contribution in [2.45, 2.75) is 12.8 Å². The molecule has 1 amide bonds. The number of anilines is 1. The third kappa shape index (κ3) is 3.02. The fraction of sp³-hybridized carbons (Fsp3) is 0.417. The van der Waals surface area contributed by atoms with Crippen LogP contribution >= 0.6 is 12.4 Å². The van der Waals surface area contributed by atoms with Gasteiger partial charge in [0.15, 0.2) is 0 Å². The second-order valence-electron chi connectivity index (χ2n) is 4.54. The summed E-state index contributed by atoms with van der Waals surface area (Å²) in [6, 6.07) is 5.53. The van der Waals surface area contributed by atoms with Gasteiger partial charge in [-0.15, -0.1) is 12.4 Å². The zero-order valence-electron chi connectivity index (χ0n) is 10.3. The predicted molar refractivity (Wildman–Crippen MR) is 75.4 cm³/mol. The van der Waals surface area contributed by atoms with E-state index >= 15 is 0 Å². The summed E-state index contributed by atoms with van der Waals surface area (Å²) in [6.45, 7) is 1.83. The summed E-state index contributed by atoms with van der Waals surface area (Å²) >= 11 is 0. The minimum Gasteiger partial charge on any atom is -0.326 e. The van der Waals surface area contributed by atoms with Gasteiger partial charge in [-0.05, 0) is 44.1 Å². The van der Waals surface area contributed by atoms with Crippen LogP contribution in [-0.2, 0) is 4.79 Å². The molecular weight excluding hydrogens is 266 g/mol. The number of hydrogen-bond donors (Lipinski definition) is 3. The van der Waals surface area contributed by atoms with E-state index in [4.69, 9.17) is 0 Å². The lowest BCUT2D eigenvalue weighted by Gasteiger charge is -2.21. The summed E-state index contributed by atoms with van der Waals surface area (Å²) < 4.78 is 0. The molecule has 0 atom stereocenters. The van der Waals surface area contributed by atoms with Crippen LogP contribution in [0.5, 0.6) is 0 Å². The van der Waals surface area contributed by atoms with E-state index in [1.54, 1.807) is 0 Å². The highest BCUT2D eigenvalue weighted by Crippen LogP contribution is 2.18. The minimum absolute atomic E-state index is 0. The van der Waals surface area contributed by atoms with E-state index in [9.17, 15) is 4.79 Å². The van der Waals surface area contributed by atoms with Crippen molar-refractivity contribution < 1.29 is 4.79 Å². The molecule has 1 aromatic carbocycles. The van der Waals surface area contributed by atoms with Gasteiger partial charge >= 0.3 is 0 Å². The molecule has 7 heteroatoms. The molecule has 6 nitrogen and oxygen atoms in total. The Bertz CT molecular complexity index is 564. The van der Waals surface area contributed by atoms with Gasteiger partial charge in [-0.3, -0.25) is 4.79 Å². The first kappa shape index (κ1) is 13.8. The van der Waals surface area contributed by atoms with Gasteiger partial charge in [0.25, 0.3) is 0 Å². The number of hydrogen-bond acceptors (Lipinski definition) is 4. The third-order valence-electron chi connectivity index (χ3n) is 3.29. The zero-order chi connectivity index (χ0) is 12.4. The number of carbonyl (C=O) groups is 1. The predicted octanol–water partition coefficient (Wildman–Crippen LogP) is 1.32. The van der Waals surface area contributed by atoms with Crippen molar-refractivity contribution in [1.29, 1.82) is 0 Å². The standard InChI is InChI=1S/C12H15N5O.ClH/c18-12(8-3-5-13-6-4-8)14-9-1-2-10-11(7-9)16-17-15-10;/h1-2,7-8,13H,3-6H2,(H,14,18)(H,15,16,17);1H. The van der Waals surface area contributed by atoms with Crippen LogP contribution in [0.4, 0.5) is 5.69 Å². The van der Waals surface area contributed by atoms with E-state index in [1.165, 1.54) is 0 Å². The van der Waals surface area contributed by atoms with Crippen molar-refractivity contribution in [2.75, 3.05) is 18.4 Å². The van der Waals surface area contributed by atoms with Gasteiger partial charge in [-0.2, -0.15) is 15.4 Å². The molecule has 102 valence electrons. The summed E-state index contributed by atoms with van der Waals surface area (Å²) in [5, 5.41) is 16.7. The van der Waals surface area contributed by atoms with Crippen molar-refractivity contribution in [3.8, 4) is 0 Å². The number of carbonyl (C=O) groups excluding carboxylic acids is 1. The molecule has 0 radical (unpaired) electrons. The molecule has 0 spiro atoms. The monoisotopic (exact) mass is 281 g/mol. The molecular formula is C12H16ClN5O. The fourth-order valence-electron chi connectivity index (χ4n) is 2.25. The van der Waals surface area contributed by atoms with Gasteiger partial charge in [0.05, 0.1) is 0 Å². The summed E-state index contributed by atoms with van der Waals surface area (Å²) in [6.07, 6.45) is 1.80. The summed E-state index contributed by atoms with van der Waals surface area (Å²) in [5.74, 6) is 0.207. The van der Waals surface area contributed by atoms with E-state index in [2.05, 4.69) is 26.0 Å². The molecule has 1 aliphatic rings. The highest BCUT2D eigenvalue weighted by molar-refractivity contribution is 5.94. The quantitative estimate of drug-likeness (QED) is 0.775. The Kier molecular flexibility index (Phi) is 4.34. The SMILES string of the molecule is Cl.O=C(Nc1ccc2n[nH]nc2c1)C1CCNCC1. The Hall–Kier alpha value is -1.66. The Labute approximate surface area is 116 Å². The topological polar surface area (TPSA) is 82.7 Å². The Morgan fingerprint density at radius 1 is 1.21 bits per heavy atom. The number of aromatic amines is 1. The molecule has 0 unspecified atom stereocenters. The van der Waals surface area contributed by atoms with Gasteiger partial charge in [0.2, 0.25) is 5.91 Å². The third-order valence-corrected chi connectivity index (χ3v) is 3.29. The van der Waals surface area contributed by atoms with E-state index in [-0.39, 0.29) is 24.2 Å². The molecule has 1 aromatic heterocycles. The smallest absolute Gasteiger partial charge is 0.227 e. The lowest BCUT2D eigenvalue weighted by molar-refractivity contribution is -0.120. The second kappa shape index (κ2) is 5.99. The average molecular weight is 282 g/mol. The van der Waals surface area contributed by atoms with Crippen LogP contribution in [0.1, 0.15) is 12.8 Å². The van der Waals surface area contributed by atoms with E-state index in [0.717, 1.165) is 42.7 Å². The fourth-order valence-corrected chi connectivity index (χ4v) is 2.25. The van der Waals surface area contributed by atoms with Gasteiger partial charge in [-0.1, -0.05) is 0 Å². The number of rotatable bonds is 2. The molecule has 19 heavy (non-hydrogen) atoms. The number of halogens is 1. The summed E-state index contributed by atoms with van der Waals surface area (Å²) in [5.41, 5.74) is 2.34. The van der Waals surface area contributed by atoms with Gasteiger partial charge < -0.3 is 10.6 Å². The number of aromatic nitrogens is 3. The number of fused-ring (bicyclic) bond motifs is 1. The molecule has 2 heterocycles. The van der Waals surface area contributed by atoms with Crippen LogP contribution in [0, 0.1) is 5.92 Å². The number of amides is 1. The van der Waals surface area contributed by atoms with E-state index in [0.29, 0.717) is 0 Å². The lowest BCUT2D eigenvalue weighted by Crippen LogP contribution is -2.34. The minimum atomic E-state index is 0. The molecule has 0 bridgehead atoms. The maximum atomic E-state index is 12.1. The number of H-pyrrole nitrogens is 1. The highest BCUT2D eigenvalue weighted by Gasteiger charge is 2.20. The number of nitrogens with zero attached hydrogens (tertiary/aromatic N) is 2. The molecule has 1 saturated heterocycles. The van der Waals surface area contributed by atoms with Gasteiger partial charge in [-0.25, -0.2) is 0 Å². The molecule has 0 saturated carbocycles. The molecule has 0 aliphatic carbocycles. The number of nitrogens with one attached hydrogen (secondary N) is 3. The summed E-state index contributed by atoms with van der Waals surface area (Å²) in [4.78, 5) is 12.1. The van der Waals surface area contributed by atoms with Crippen molar-refractivity contribution in [3.05, 3.63) is 18.2 Å². The van der Waals surface area contributed by atoms with Crippen LogP contribution in [0.15, 0.2) is 18.2 Å². The van der Waals surface area contributed by atoms with E-state index in [1.807, 2.05) is 18.2 Å². The maximum Gasteiger partial charge on any atom is 0.227 e. The lowest BCUT2D eigenvalue weighted by atomic mass is 9.97. The number of piperidine rings is 1.